The number of ether oxygens (including phenoxy) is 1. The van der Waals surface area contributed by atoms with Gasteiger partial charge in [0.15, 0.2) is 0 Å². The highest BCUT2D eigenvalue weighted by Crippen LogP contribution is 2.20. The Hall–Kier alpha value is -1.26. The molecule has 1 aliphatic rings. The van der Waals surface area contributed by atoms with Crippen molar-refractivity contribution < 1.29 is 9.53 Å². The lowest BCUT2D eigenvalue weighted by molar-refractivity contribution is -0.123. The molecule has 2 atom stereocenters. The second-order valence-electron chi connectivity index (χ2n) is 5.62. The molecule has 0 radical (unpaired) electrons. The van der Waals surface area contributed by atoms with Crippen molar-refractivity contribution in [2.45, 2.75) is 51.8 Å². The number of carbonyl (C=O) groups is 1. The van der Waals surface area contributed by atoms with Gasteiger partial charge in [-0.25, -0.2) is 0 Å². The van der Waals surface area contributed by atoms with Crippen LogP contribution in [0.4, 0.5) is 0 Å². The molecule has 5 heteroatoms. The maximum Gasteiger partial charge on any atom is 0.237 e. The molecule has 1 aromatic rings. The molecule has 2 N–H and O–H groups in total. The molecule has 0 aliphatic carbocycles. The molecule has 4 nitrogen and oxygen atoms in total. The summed E-state index contributed by atoms with van der Waals surface area (Å²) in [6, 6.07) is 7.86. The molecule has 2 unspecified atom stereocenters. The monoisotopic (exact) mass is 312 g/mol. The van der Waals surface area contributed by atoms with Crippen LogP contribution in [0.15, 0.2) is 24.3 Å². The molecule has 0 saturated carbocycles. The van der Waals surface area contributed by atoms with E-state index in [2.05, 4.69) is 10.6 Å². The van der Waals surface area contributed by atoms with E-state index in [0.717, 1.165) is 30.7 Å². The number of amides is 1. The Labute approximate surface area is 133 Å². The summed E-state index contributed by atoms with van der Waals surface area (Å²) in [6.07, 6.45) is 2.15. The van der Waals surface area contributed by atoms with E-state index in [9.17, 15) is 4.79 Å². The number of benzene rings is 1. The zero-order chi connectivity index (χ0) is 14.5. The van der Waals surface area contributed by atoms with Gasteiger partial charge in [-0.1, -0.05) is 12.1 Å². The van der Waals surface area contributed by atoms with Gasteiger partial charge in [0.2, 0.25) is 5.91 Å². The standard InChI is InChI=1S/C16H24N2O2.ClH/c1-11(2)20-14-7-4-6-13(10-14)12(3)18-16(19)15-8-5-9-17-15;/h4,6-7,10-12,15,17H,5,8-9H2,1-3H3,(H,18,19);1H. The summed E-state index contributed by atoms with van der Waals surface area (Å²) in [4.78, 5) is 12.1. The first kappa shape index (κ1) is 17.8. The summed E-state index contributed by atoms with van der Waals surface area (Å²) in [5, 5.41) is 6.28. The van der Waals surface area contributed by atoms with Gasteiger partial charge in [-0.3, -0.25) is 4.79 Å². The van der Waals surface area contributed by atoms with Crippen molar-refractivity contribution in [2.24, 2.45) is 0 Å². The smallest absolute Gasteiger partial charge is 0.237 e. The van der Waals surface area contributed by atoms with Crippen molar-refractivity contribution in [3.8, 4) is 5.75 Å². The molecule has 1 aromatic carbocycles. The Balaban J connectivity index is 0.00000220. The van der Waals surface area contributed by atoms with Crippen LogP contribution in [0, 0.1) is 0 Å². The Morgan fingerprint density at radius 3 is 2.76 bits per heavy atom. The Morgan fingerprint density at radius 2 is 2.14 bits per heavy atom. The summed E-state index contributed by atoms with van der Waals surface area (Å²) in [7, 11) is 0. The molecule has 1 aliphatic heterocycles. The van der Waals surface area contributed by atoms with Gasteiger partial charge in [0.1, 0.15) is 5.75 Å². The van der Waals surface area contributed by atoms with Gasteiger partial charge in [-0.2, -0.15) is 0 Å². The lowest BCUT2D eigenvalue weighted by Gasteiger charge is -2.19. The molecule has 118 valence electrons. The Kier molecular flexibility index (Phi) is 6.99. The number of carbonyl (C=O) groups excluding carboxylic acids is 1. The molecule has 1 fully saturated rings. The predicted molar refractivity (Wildman–Crippen MR) is 87.0 cm³/mol. The molecule has 0 spiro atoms. The first-order valence-corrected chi connectivity index (χ1v) is 7.36. The zero-order valence-corrected chi connectivity index (χ0v) is 13.7. The maximum atomic E-state index is 12.1. The quantitative estimate of drug-likeness (QED) is 0.879. The normalized spacial score (nSPS) is 19.0. The molecule has 0 aromatic heterocycles. The second kappa shape index (κ2) is 8.25. The van der Waals surface area contributed by atoms with Crippen LogP contribution in [0.3, 0.4) is 0 Å². The van der Waals surface area contributed by atoms with Crippen LogP contribution >= 0.6 is 12.4 Å². The van der Waals surface area contributed by atoms with Gasteiger partial charge in [0, 0.05) is 0 Å². The zero-order valence-electron chi connectivity index (χ0n) is 12.9. The van der Waals surface area contributed by atoms with Crippen molar-refractivity contribution in [3.63, 3.8) is 0 Å². The van der Waals surface area contributed by atoms with E-state index in [1.165, 1.54) is 0 Å². The van der Waals surface area contributed by atoms with Gasteiger partial charge >= 0.3 is 0 Å². The Morgan fingerprint density at radius 1 is 1.38 bits per heavy atom. The molecule has 1 amide bonds. The third-order valence-electron chi connectivity index (χ3n) is 3.47. The topological polar surface area (TPSA) is 50.4 Å². The van der Waals surface area contributed by atoms with Crippen molar-refractivity contribution in [1.29, 1.82) is 0 Å². The third kappa shape index (κ3) is 5.21. The van der Waals surface area contributed by atoms with Crippen LogP contribution < -0.4 is 15.4 Å². The largest absolute Gasteiger partial charge is 0.491 e. The van der Waals surface area contributed by atoms with Crippen LogP contribution in [0.2, 0.25) is 0 Å². The van der Waals surface area contributed by atoms with Crippen LogP contribution in [0.25, 0.3) is 0 Å². The average molecular weight is 313 g/mol. The number of hydrogen-bond donors (Lipinski definition) is 2. The lowest BCUT2D eigenvalue weighted by Crippen LogP contribution is -2.41. The number of hydrogen-bond acceptors (Lipinski definition) is 3. The van der Waals surface area contributed by atoms with Gasteiger partial charge < -0.3 is 15.4 Å². The predicted octanol–water partition coefficient (Wildman–Crippen LogP) is 2.82. The van der Waals surface area contributed by atoms with Crippen LogP contribution in [0.1, 0.15) is 45.2 Å². The minimum atomic E-state index is -0.0347. The van der Waals surface area contributed by atoms with Gasteiger partial charge in [-0.05, 0) is 57.9 Å². The minimum Gasteiger partial charge on any atom is -0.491 e. The lowest BCUT2D eigenvalue weighted by atomic mass is 10.1. The van der Waals surface area contributed by atoms with E-state index in [1.54, 1.807) is 0 Å². The van der Waals surface area contributed by atoms with Crippen LogP contribution in [-0.4, -0.2) is 24.6 Å². The van der Waals surface area contributed by atoms with E-state index in [1.807, 2.05) is 45.0 Å². The molecule has 0 bridgehead atoms. The summed E-state index contributed by atoms with van der Waals surface area (Å²) >= 11 is 0. The Bertz CT molecular complexity index is 459. The number of halogens is 1. The average Bonchev–Trinajstić information content (AvgIpc) is 2.92. The van der Waals surface area contributed by atoms with Gasteiger partial charge in [0.25, 0.3) is 0 Å². The van der Waals surface area contributed by atoms with Crippen molar-refractivity contribution in [2.75, 3.05) is 6.54 Å². The van der Waals surface area contributed by atoms with E-state index in [4.69, 9.17) is 4.74 Å². The SMILES string of the molecule is CC(C)Oc1cccc(C(C)NC(=O)C2CCCN2)c1.Cl. The van der Waals surface area contributed by atoms with Crippen LogP contribution in [0.5, 0.6) is 5.75 Å². The summed E-state index contributed by atoms with van der Waals surface area (Å²) < 4.78 is 5.68. The molecule has 1 heterocycles. The van der Waals surface area contributed by atoms with Crippen molar-refractivity contribution in [3.05, 3.63) is 29.8 Å². The molecular formula is C16H25ClN2O2. The first-order chi connectivity index (χ1) is 9.56. The minimum absolute atomic E-state index is 0. The van der Waals surface area contributed by atoms with Crippen LogP contribution in [-0.2, 0) is 4.79 Å². The highest BCUT2D eigenvalue weighted by atomic mass is 35.5. The molecule has 2 rings (SSSR count). The van der Waals surface area contributed by atoms with E-state index >= 15 is 0 Å². The summed E-state index contributed by atoms with van der Waals surface area (Å²) in [6.45, 7) is 6.94. The second-order valence-corrected chi connectivity index (χ2v) is 5.62. The maximum absolute atomic E-state index is 12.1. The molecule has 21 heavy (non-hydrogen) atoms. The van der Waals surface area contributed by atoms with E-state index in [0.29, 0.717) is 0 Å². The van der Waals surface area contributed by atoms with Crippen molar-refractivity contribution >= 4 is 18.3 Å². The molecular weight excluding hydrogens is 288 g/mol. The first-order valence-electron chi connectivity index (χ1n) is 7.36. The third-order valence-corrected chi connectivity index (χ3v) is 3.47. The fraction of sp³-hybridized carbons (Fsp3) is 0.562. The van der Waals surface area contributed by atoms with Gasteiger partial charge in [0.05, 0.1) is 18.2 Å². The van der Waals surface area contributed by atoms with Crippen molar-refractivity contribution in [1.82, 2.24) is 10.6 Å². The number of rotatable bonds is 5. The van der Waals surface area contributed by atoms with Gasteiger partial charge in [-0.15, -0.1) is 12.4 Å². The highest BCUT2D eigenvalue weighted by Gasteiger charge is 2.23. The van der Waals surface area contributed by atoms with E-state index in [-0.39, 0.29) is 36.5 Å². The fourth-order valence-electron chi connectivity index (χ4n) is 2.44. The fourth-order valence-corrected chi connectivity index (χ4v) is 2.44. The summed E-state index contributed by atoms with van der Waals surface area (Å²) in [5.41, 5.74) is 1.06. The molecule has 1 saturated heterocycles. The highest BCUT2D eigenvalue weighted by molar-refractivity contribution is 5.85. The number of nitrogens with one attached hydrogen (secondary N) is 2. The van der Waals surface area contributed by atoms with E-state index < -0.39 is 0 Å². The summed E-state index contributed by atoms with van der Waals surface area (Å²) in [5.74, 6) is 0.933.